The van der Waals surface area contributed by atoms with Crippen molar-refractivity contribution in [1.29, 1.82) is 0 Å². The zero-order valence-corrected chi connectivity index (χ0v) is 9.54. The number of likely N-dealkylation sites (tertiary alicyclic amines) is 1. The van der Waals surface area contributed by atoms with E-state index in [1.165, 1.54) is 18.5 Å². The number of nitrogens with one attached hydrogen (secondary N) is 1. The van der Waals surface area contributed by atoms with Crippen LogP contribution in [-0.4, -0.2) is 34.8 Å². The van der Waals surface area contributed by atoms with Crippen molar-refractivity contribution < 1.29 is 4.79 Å². The highest BCUT2D eigenvalue weighted by atomic mass is 35.5. The maximum Gasteiger partial charge on any atom is 0.259 e. The SMILES string of the molecule is O=C(c1c[nH]ccc1=O)N1CCC(CCl)C1. The third-order valence-electron chi connectivity index (χ3n) is 2.85. The largest absolute Gasteiger partial charge is 0.367 e. The number of H-pyrrole nitrogens is 1. The molecule has 1 fully saturated rings. The van der Waals surface area contributed by atoms with Gasteiger partial charge in [0.1, 0.15) is 5.56 Å². The van der Waals surface area contributed by atoms with Crippen molar-refractivity contribution in [1.82, 2.24) is 9.88 Å². The van der Waals surface area contributed by atoms with Crippen LogP contribution < -0.4 is 5.43 Å². The predicted molar refractivity (Wildman–Crippen MR) is 61.8 cm³/mol. The number of alkyl halides is 1. The molecule has 1 atom stereocenters. The second-order valence-electron chi connectivity index (χ2n) is 3.98. The van der Waals surface area contributed by atoms with E-state index in [1.807, 2.05) is 0 Å². The Balaban J connectivity index is 2.15. The van der Waals surface area contributed by atoms with Crippen molar-refractivity contribution in [3.63, 3.8) is 0 Å². The van der Waals surface area contributed by atoms with Gasteiger partial charge in [0.15, 0.2) is 5.43 Å². The van der Waals surface area contributed by atoms with Crippen LogP contribution in [0.4, 0.5) is 0 Å². The van der Waals surface area contributed by atoms with Crippen LogP contribution in [0, 0.1) is 5.92 Å². The Morgan fingerprint density at radius 1 is 1.62 bits per heavy atom. The topological polar surface area (TPSA) is 53.2 Å². The molecule has 0 aromatic carbocycles. The molecule has 1 aliphatic heterocycles. The standard InChI is InChI=1S/C11H13ClN2O2/c12-5-8-2-4-14(7-8)11(16)9-6-13-3-1-10(9)15/h1,3,6,8H,2,4-5,7H2,(H,13,15). The minimum atomic E-state index is -0.238. The maximum atomic E-state index is 12.0. The summed E-state index contributed by atoms with van der Waals surface area (Å²) in [7, 11) is 0. The van der Waals surface area contributed by atoms with Gasteiger partial charge in [0.05, 0.1) is 0 Å². The highest BCUT2D eigenvalue weighted by Gasteiger charge is 2.27. The molecule has 2 heterocycles. The fraction of sp³-hybridized carbons (Fsp3) is 0.455. The van der Waals surface area contributed by atoms with E-state index in [2.05, 4.69) is 4.98 Å². The zero-order valence-electron chi connectivity index (χ0n) is 8.78. The van der Waals surface area contributed by atoms with Gasteiger partial charge in [-0.05, 0) is 12.3 Å². The number of hydrogen-bond acceptors (Lipinski definition) is 2. The van der Waals surface area contributed by atoms with Crippen LogP contribution in [0.3, 0.4) is 0 Å². The lowest BCUT2D eigenvalue weighted by atomic mass is 10.2. The van der Waals surface area contributed by atoms with Crippen molar-refractivity contribution in [2.45, 2.75) is 6.42 Å². The van der Waals surface area contributed by atoms with Gasteiger partial charge >= 0.3 is 0 Å². The number of pyridine rings is 1. The van der Waals surface area contributed by atoms with Crippen LogP contribution in [0.1, 0.15) is 16.8 Å². The molecule has 4 nitrogen and oxygen atoms in total. The summed E-state index contributed by atoms with van der Waals surface area (Å²) in [4.78, 5) is 27.9. The minimum Gasteiger partial charge on any atom is -0.367 e. The Morgan fingerprint density at radius 3 is 3.06 bits per heavy atom. The van der Waals surface area contributed by atoms with Gasteiger partial charge in [0, 0.05) is 37.4 Å². The highest BCUT2D eigenvalue weighted by molar-refractivity contribution is 6.18. The van der Waals surface area contributed by atoms with E-state index in [4.69, 9.17) is 11.6 Å². The number of nitrogens with zero attached hydrogens (tertiary/aromatic N) is 1. The lowest BCUT2D eigenvalue weighted by Gasteiger charge is -2.15. The molecule has 1 saturated heterocycles. The van der Waals surface area contributed by atoms with E-state index in [0.29, 0.717) is 24.9 Å². The molecule has 86 valence electrons. The Labute approximate surface area is 98.2 Å². The van der Waals surface area contributed by atoms with Crippen molar-refractivity contribution >= 4 is 17.5 Å². The molecule has 1 aromatic heterocycles. The molecule has 0 radical (unpaired) electrons. The summed E-state index contributed by atoms with van der Waals surface area (Å²) < 4.78 is 0. The van der Waals surface area contributed by atoms with Gasteiger partial charge in [-0.2, -0.15) is 0 Å². The number of halogens is 1. The lowest BCUT2D eigenvalue weighted by Crippen LogP contribution is -2.32. The summed E-state index contributed by atoms with van der Waals surface area (Å²) in [5.41, 5.74) is -0.0317. The fourth-order valence-corrected chi connectivity index (χ4v) is 2.15. The van der Waals surface area contributed by atoms with E-state index in [0.717, 1.165) is 6.42 Å². The summed E-state index contributed by atoms with van der Waals surface area (Å²) in [5, 5.41) is 0. The van der Waals surface area contributed by atoms with Gasteiger partial charge < -0.3 is 9.88 Å². The van der Waals surface area contributed by atoms with Gasteiger partial charge in [-0.3, -0.25) is 9.59 Å². The summed E-state index contributed by atoms with van der Waals surface area (Å²) in [6, 6.07) is 1.36. The number of hydrogen-bond donors (Lipinski definition) is 1. The van der Waals surface area contributed by atoms with Crippen molar-refractivity contribution in [2.24, 2.45) is 5.92 Å². The first-order chi connectivity index (χ1) is 7.72. The Kier molecular flexibility index (Phi) is 3.29. The molecular weight excluding hydrogens is 228 g/mol. The summed E-state index contributed by atoms with van der Waals surface area (Å²) in [6.45, 7) is 1.33. The molecule has 1 amide bonds. The first-order valence-electron chi connectivity index (χ1n) is 5.24. The molecule has 16 heavy (non-hydrogen) atoms. The van der Waals surface area contributed by atoms with Crippen LogP contribution in [0.15, 0.2) is 23.3 Å². The monoisotopic (exact) mass is 240 g/mol. The van der Waals surface area contributed by atoms with Gasteiger partial charge in [0.25, 0.3) is 5.91 Å². The molecule has 5 heteroatoms. The van der Waals surface area contributed by atoms with Crippen LogP contribution in [0.25, 0.3) is 0 Å². The predicted octanol–water partition coefficient (Wildman–Crippen LogP) is 1.08. The maximum absolute atomic E-state index is 12.0. The fourth-order valence-electron chi connectivity index (χ4n) is 1.90. The van der Waals surface area contributed by atoms with E-state index in [-0.39, 0.29) is 16.9 Å². The molecule has 1 N–H and O–H groups in total. The average Bonchev–Trinajstić information content (AvgIpc) is 2.77. The molecular formula is C11H13ClN2O2. The normalized spacial score (nSPS) is 20.1. The number of carbonyl (C=O) groups is 1. The molecule has 1 unspecified atom stereocenters. The van der Waals surface area contributed by atoms with Crippen molar-refractivity contribution in [3.05, 3.63) is 34.2 Å². The molecule has 0 bridgehead atoms. The zero-order chi connectivity index (χ0) is 11.5. The molecule has 1 aliphatic rings. The highest BCUT2D eigenvalue weighted by Crippen LogP contribution is 2.18. The van der Waals surface area contributed by atoms with E-state index >= 15 is 0 Å². The number of rotatable bonds is 2. The second-order valence-corrected chi connectivity index (χ2v) is 4.29. The quantitative estimate of drug-likeness (QED) is 0.787. The first kappa shape index (κ1) is 11.2. The molecule has 0 spiro atoms. The Bertz CT molecular complexity index is 444. The van der Waals surface area contributed by atoms with Gasteiger partial charge in [-0.25, -0.2) is 0 Å². The second kappa shape index (κ2) is 4.70. The third kappa shape index (κ3) is 2.11. The number of amides is 1. The Hall–Kier alpha value is -1.29. The van der Waals surface area contributed by atoms with Crippen LogP contribution in [-0.2, 0) is 0 Å². The summed E-state index contributed by atoms with van der Waals surface area (Å²) >= 11 is 5.75. The summed E-state index contributed by atoms with van der Waals surface area (Å²) in [6.07, 6.45) is 3.89. The number of carbonyl (C=O) groups excluding carboxylic acids is 1. The minimum absolute atomic E-state index is 0.200. The first-order valence-corrected chi connectivity index (χ1v) is 5.78. The number of aromatic nitrogens is 1. The number of aromatic amines is 1. The Morgan fingerprint density at radius 2 is 2.44 bits per heavy atom. The molecule has 1 aromatic rings. The van der Waals surface area contributed by atoms with E-state index < -0.39 is 0 Å². The lowest BCUT2D eigenvalue weighted by molar-refractivity contribution is 0.0786. The van der Waals surface area contributed by atoms with Gasteiger partial charge in [-0.15, -0.1) is 11.6 Å². The molecule has 0 aliphatic carbocycles. The van der Waals surface area contributed by atoms with Crippen LogP contribution >= 0.6 is 11.6 Å². The van der Waals surface area contributed by atoms with Gasteiger partial charge in [-0.1, -0.05) is 0 Å². The average molecular weight is 241 g/mol. The van der Waals surface area contributed by atoms with Crippen molar-refractivity contribution in [3.8, 4) is 0 Å². The van der Waals surface area contributed by atoms with E-state index in [9.17, 15) is 9.59 Å². The van der Waals surface area contributed by atoms with Crippen LogP contribution in [0.2, 0.25) is 0 Å². The molecule has 2 rings (SSSR count). The smallest absolute Gasteiger partial charge is 0.259 e. The third-order valence-corrected chi connectivity index (χ3v) is 3.28. The summed E-state index contributed by atoms with van der Waals surface area (Å²) in [5.74, 6) is 0.720. The van der Waals surface area contributed by atoms with Crippen LogP contribution in [0.5, 0.6) is 0 Å². The van der Waals surface area contributed by atoms with Gasteiger partial charge in [0.2, 0.25) is 0 Å². The van der Waals surface area contributed by atoms with Crippen molar-refractivity contribution in [2.75, 3.05) is 19.0 Å². The van der Waals surface area contributed by atoms with E-state index in [1.54, 1.807) is 4.90 Å². The molecule has 0 saturated carbocycles.